The molecule has 7 heteroatoms. The number of aromatic nitrogens is 4. The highest BCUT2D eigenvalue weighted by atomic mass is 16.5. The predicted molar refractivity (Wildman–Crippen MR) is 119 cm³/mol. The Hall–Kier alpha value is -2.51. The number of ether oxygens (including phenoxy) is 2. The van der Waals surface area contributed by atoms with E-state index in [0.717, 1.165) is 54.4 Å². The molecule has 30 heavy (non-hydrogen) atoms. The summed E-state index contributed by atoms with van der Waals surface area (Å²) in [6, 6.07) is 10.5. The second-order valence-corrected chi connectivity index (χ2v) is 7.95. The van der Waals surface area contributed by atoms with Crippen molar-refractivity contribution >= 4 is 16.9 Å². The van der Waals surface area contributed by atoms with Crippen molar-refractivity contribution in [3.8, 4) is 11.4 Å². The van der Waals surface area contributed by atoms with Crippen LogP contribution in [-0.4, -0.2) is 57.8 Å². The number of anilines is 1. The molecule has 1 aromatic carbocycles. The van der Waals surface area contributed by atoms with E-state index in [2.05, 4.69) is 69.7 Å². The molecule has 4 rings (SSSR count). The van der Waals surface area contributed by atoms with Crippen molar-refractivity contribution in [2.45, 2.75) is 58.9 Å². The van der Waals surface area contributed by atoms with E-state index in [1.807, 2.05) is 19.2 Å². The number of hydrogen-bond acceptors (Lipinski definition) is 6. The smallest absolute Gasteiger partial charge is 0.227 e. The lowest BCUT2D eigenvalue weighted by molar-refractivity contribution is -0.0266. The van der Waals surface area contributed by atoms with Crippen LogP contribution in [0.1, 0.15) is 34.1 Å². The lowest BCUT2D eigenvalue weighted by Gasteiger charge is -2.41. The zero-order valence-electron chi connectivity index (χ0n) is 18.3. The largest absolute Gasteiger partial charge is 0.382 e. The first-order valence-corrected chi connectivity index (χ1v) is 10.9. The van der Waals surface area contributed by atoms with Gasteiger partial charge in [-0.15, -0.1) is 10.2 Å². The molecule has 0 aliphatic carbocycles. The first-order valence-electron chi connectivity index (χ1n) is 10.9. The number of benzene rings is 1. The third-order valence-electron chi connectivity index (χ3n) is 5.81. The van der Waals surface area contributed by atoms with Crippen LogP contribution < -0.4 is 4.90 Å². The molecule has 160 valence electrons. The third-order valence-corrected chi connectivity index (χ3v) is 5.81. The van der Waals surface area contributed by atoms with Crippen LogP contribution in [0.25, 0.3) is 22.3 Å². The number of nitrogens with zero attached hydrogens (tertiary/aromatic N) is 5. The average Bonchev–Trinajstić information content (AvgIpc) is 3.16. The number of morpholine rings is 1. The van der Waals surface area contributed by atoms with Crippen LogP contribution in [0, 0.1) is 0 Å². The molecule has 1 aliphatic rings. The molecule has 2 aromatic heterocycles. The molecule has 0 amide bonds. The topological polar surface area (TPSA) is 65.3 Å². The maximum atomic E-state index is 6.02. The first-order chi connectivity index (χ1) is 14.6. The van der Waals surface area contributed by atoms with Crippen molar-refractivity contribution < 1.29 is 9.47 Å². The summed E-state index contributed by atoms with van der Waals surface area (Å²) >= 11 is 0. The average molecular weight is 410 g/mol. The van der Waals surface area contributed by atoms with Crippen molar-refractivity contribution in [1.29, 1.82) is 0 Å². The molecule has 1 aliphatic heterocycles. The Labute approximate surface area is 178 Å². The van der Waals surface area contributed by atoms with Crippen LogP contribution in [0.4, 0.5) is 5.95 Å². The monoisotopic (exact) mass is 409 g/mol. The van der Waals surface area contributed by atoms with Gasteiger partial charge in [0, 0.05) is 43.4 Å². The Morgan fingerprint density at radius 2 is 1.97 bits per heavy atom. The Morgan fingerprint density at radius 3 is 2.80 bits per heavy atom. The number of rotatable bonds is 7. The molecule has 3 atom stereocenters. The summed E-state index contributed by atoms with van der Waals surface area (Å²) in [5, 5.41) is 10.4. The van der Waals surface area contributed by atoms with Gasteiger partial charge >= 0.3 is 0 Å². The predicted octanol–water partition coefficient (Wildman–Crippen LogP) is 3.92. The third kappa shape index (κ3) is 4.04. The molecule has 0 radical (unpaired) electrons. The fraction of sp³-hybridized carbons (Fsp3) is 0.522. The van der Waals surface area contributed by atoms with Crippen LogP contribution in [0.15, 0.2) is 36.5 Å². The zero-order chi connectivity index (χ0) is 21.1. The Balaban J connectivity index is 1.77. The number of para-hydroxylation sites is 1. The highest BCUT2D eigenvalue weighted by molar-refractivity contribution is 5.91. The molecule has 3 heterocycles. The summed E-state index contributed by atoms with van der Waals surface area (Å²) in [6.07, 6.45) is 3.00. The summed E-state index contributed by atoms with van der Waals surface area (Å²) in [5.41, 5.74) is 1.95. The van der Waals surface area contributed by atoms with Crippen LogP contribution in [0.5, 0.6) is 0 Å². The van der Waals surface area contributed by atoms with Crippen molar-refractivity contribution in [3.05, 3.63) is 36.5 Å². The van der Waals surface area contributed by atoms with Gasteiger partial charge in [-0.3, -0.25) is 9.55 Å². The van der Waals surface area contributed by atoms with E-state index < -0.39 is 0 Å². The van der Waals surface area contributed by atoms with Gasteiger partial charge in [-0.05, 0) is 46.2 Å². The Morgan fingerprint density at radius 1 is 1.13 bits per heavy atom. The van der Waals surface area contributed by atoms with Gasteiger partial charge in [0.25, 0.3) is 0 Å². The van der Waals surface area contributed by atoms with Crippen LogP contribution in [-0.2, 0) is 16.0 Å². The summed E-state index contributed by atoms with van der Waals surface area (Å²) in [5.74, 6) is 1.74. The fourth-order valence-electron chi connectivity index (χ4n) is 4.15. The number of fused-ring (bicyclic) bond motifs is 1. The quantitative estimate of drug-likeness (QED) is 0.551. The second kappa shape index (κ2) is 9.10. The van der Waals surface area contributed by atoms with Crippen molar-refractivity contribution in [2.24, 2.45) is 0 Å². The molecule has 1 saturated heterocycles. The Kier molecular flexibility index (Phi) is 6.29. The summed E-state index contributed by atoms with van der Waals surface area (Å²) in [4.78, 5) is 6.96. The minimum atomic E-state index is 0.130. The lowest BCUT2D eigenvalue weighted by Crippen LogP contribution is -2.52. The van der Waals surface area contributed by atoms with Gasteiger partial charge in [0.1, 0.15) is 0 Å². The van der Waals surface area contributed by atoms with E-state index in [1.54, 1.807) is 0 Å². The molecule has 0 spiro atoms. The summed E-state index contributed by atoms with van der Waals surface area (Å²) in [6.45, 7) is 11.5. The van der Waals surface area contributed by atoms with Crippen LogP contribution in [0.3, 0.4) is 0 Å². The van der Waals surface area contributed by atoms with Gasteiger partial charge in [0.2, 0.25) is 5.95 Å². The van der Waals surface area contributed by atoms with Gasteiger partial charge in [-0.1, -0.05) is 18.2 Å². The van der Waals surface area contributed by atoms with Gasteiger partial charge in [0.15, 0.2) is 5.82 Å². The van der Waals surface area contributed by atoms with E-state index >= 15 is 0 Å². The highest BCUT2D eigenvalue weighted by Crippen LogP contribution is 2.31. The summed E-state index contributed by atoms with van der Waals surface area (Å²) < 4.78 is 13.8. The maximum Gasteiger partial charge on any atom is 0.227 e. The van der Waals surface area contributed by atoms with Crippen molar-refractivity contribution in [1.82, 2.24) is 19.7 Å². The molecule has 7 nitrogen and oxygen atoms in total. The lowest BCUT2D eigenvalue weighted by atomic mass is 10.1. The van der Waals surface area contributed by atoms with Crippen molar-refractivity contribution in [2.75, 3.05) is 24.7 Å². The fourth-order valence-corrected chi connectivity index (χ4v) is 4.15. The summed E-state index contributed by atoms with van der Waals surface area (Å²) in [7, 11) is 0. The van der Waals surface area contributed by atoms with Gasteiger partial charge in [-0.2, -0.15) is 0 Å². The molecule has 3 aromatic rings. The zero-order valence-corrected chi connectivity index (χ0v) is 18.3. The normalized spacial score (nSPS) is 22.0. The van der Waals surface area contributed by atoms with Gasteiger partial charge in [0.05, 0.1) is 23.8 Å². The van der Waals surface area contributed by atoms with E-state index in [9.17, 15) is 0 Å². The molecule has 1 fully saturated rings. The van der Waals surface area contributed by atoms with Crippen LogP contribution >= 0.6 is 0 Å². The standard InChI is InChI=1S/C23H31N5O2/c1-5-29-14-8-13-27-22(20-11-6-9-19-10-7-12-24-21(19)20)25-26-23(27)28-15-16(2)30-18(4)17(28)3/h6-7,9-12,16-18H,5,8,13-15H2,1-4H3. The van der Waals surface area contributed by atoms with E-state index in [-0.39, 0.29) is 18.2 Å². The van der Waals surface area contributed by atoms with Crippen LogP contribution in [0.2, 0.25) is 0 Å². The van der Waals surface area contributed by atoms with Crippen molar-refractivity contribution in [3.63, 3.8) is 0 Å². The number of pyridine rings is 1. The molecule has 0 bridgehead atoms. The Bertz CT molecular complexity index is 983. The minimum Gasteiger partial charge on any atom is -0.382 e. The molecule has 3 unspecified atom stereocenters. The molecular weight excluding hydrogens is 378 g/mol. The first kappa shape index (κ1) is 20.8. The van der Waals surface area contributed by atoms with E-state index in [4.69, 9.17) is 9.47 Å². The van der Waals surface area contributed by atoms with E-state index in [0.29, 0.717) is 6.61 Å². The molecule has 0 N–H and O–H groups in total. The molecular formula is C23H31N5O2. The minimum absolute atomic E-state index is 0.130. The second-order valence-electron chi connectivity index (χ2n) is 7.95. The van der Waals surface area contributed by atoms with Gasteiger partial charge in [-0.25, -0.2) is 0 Å². The number of hydrogen-bond donors (Lipinski definition) is 0. The van der Waals surface area contributed by atoms with E-state index in [1.165, 1.54) is 0 Å². The van der Waals surface area contributed by atoms with Gasteiger partial charge < -0.3 is 14.4 Å². The maximum absolute atomic E-state index is 6.02. The SMILES string of the molecule is CCOCCCn1c(-c2cccc3cccnc23)nnc1N1CC(C)OC(C)C1C. The highest BCUT2D eigenvalue weighted by Gasteiger charge is 2.33. The molecule has 0 saturated carbocycles.